The molecule has 0 fully saturated rings. The van der Waals surface area contributed by atoms with Crippen LogP contribution in [0.2, 0.25) is 0 Å². The molecule has 0 amide bonds. The van der Waals surface area contributed by atoms with Crippen LogP contribution in [-0.4, -0.2) is 35.9 Å². The predicted octanol–water partition coefficient (Wildman–Crippen LogP) is 2.31. The number of aliphatic hydroxyl groups is 1. The van der Waals surface area contributed by atoms with Crippen LogP contribution in [0.15, 0.2) is 0 Å². The lowest BCUT2D eigenvalue weighted by Gasteiger charge is -2.34. The number of ether oxygens (including phenoxy) is 2. The standard InChI is InChI=1S/C15H28O5/c1-7-19-12(16)15(9-11(3)4,10-14(5,6)18)13(17)20-8-2/h11,18H,7-10H2,1-6H3. The predicted molar refractivity (Wildman–Crippen MR) is 76.1 cm³/mol. The van der Waals surface area contributed by atoms with Gasteiger partial charge in [0, 0.05) is 6.42 Å². The quantitative estimate of drug-likeness (QED) is 0.548. The summed E-state index contributed by atoms with van der Waals surface area (Å²) in [6.45, 7) is 10.7. The first-order chi connectivity index (χ1) is 9.09. The summed E-state index contributed by atoms with van der Waals surface area (Å²) in [6, 6.07) is 0. The van der Waals surface area contributed by atoms with Gasteiger partial charge >= 0.3 is 11.9 Å². The third-order valence-electron chi connectivity index (χ3n) is 2.82. The van der Waals surface area contributed by atoms with E-state index in [1.54, 1.807) is 27.7 Å². The van der Waals surface area contributed by atoms with Gasteiger partial charge in [-0.05, 0) is 40.0 Å². The minimum Gasteiger partial charge on any atom is -0.465 e. The first-order valence-corrected chi connectivity index (χ1v) is 7.16. The summed E-state index contributed by atoms with van der Waals surface area (Å²) in [7, 11) is 0. The fourth-order valence-electron chi connectivity index (χ4n) is 2.44. The van der Waals surface area contributed by atoms with Gasteiger partial charge in [0.1, 0.15) is 0 Å². The Morgan fingerprint density at radius 1 is 1.05 bits per heavy atom. The second-order valence-corrected chi connectivity index (χ2v) is 6.11. The first-order valence-electron chi connectivity index (χ1n) is 7.16. The highest BCUT2D eigenvalue weighted by Crippen LogP contribution is 2.38. The fourth-order valence-corrected chi connectivity index (χ4v) is 2.44. The van der Waals surface area contributed by atoms with Crippen molar-refractivity contribution < 1.29 is 24.2 Å². The van der Waals surface area contributed by atoms with E-state index in [9.17, 15) is 14.7 Å². The lowest BCUT2D eigenvalue weighted by molar-refractivity contribution is -0.178. The van der Waals surface area contributed by atoms with Gasteiger partial charge < -0.3 is 14.6 Å². The van der Waals surface area contributed by atoms with Gasteiger partial charge in [-0.2, -0.15) is 0 Å². The number of carbonyl (C=O) groups is 2. The highest BCUT2D eigenvalue weighted by molar-refractivity contribution is 6.00. The molecule has 0 saturated carbocycles. The molecule has 0 aromatic carbocycles. The molecule has 0 aromatic heterocycles. The minimum absolute atomic E-state index is 0.0180. The number of rotatable bonds is 8. The average Bonchev–Trinajstić information content (AvgIpc) is 2.25. The van der Waals surface area contributed by atoms with Crippen LogP contribution in [0.25, 0.3) is 0 Å². The Hall–Kier alpha value is -1.10. The van der Waals surface area contributed by atoms with Gasteiger partial charge in [0.05, 0.1) is 18.8 Å². The summed E-state index contributed by atoms with van der Waals surface area (Å²) in [5.74, 6) is -1.14. The zero-order chi connectivity index (χ0) is 16.0. The SMILES string of the molecule is CCOC(=O)C(CC(C)C)(CC(C)(C)O)C(=O)OCC. The summed E-state index contributed by atoms with van der Waals surface area (Å²) < 4.78 is 10.1. The molecule has 0 aliphatic heterocycles. The zero-order valence-electron chi connectivity index (χ0n) is 13.5. The van der Waals surface area contributed by atoms with Gasteiger partial charge in [0.25, 0.3) is 0 Å². The summed E-state index contributed by atoms with van der Waals surface area (Å²) in [5, 5.41) is 10.1. The Morgan fingerprint density at radius 2 is 1.45 bits per heavy atom. The lowest BCUT2D eigenvalue weighted by atomic mass is 9.73. The molecule has 0 saturated heterocycles. The molecule has 20 heavy (non-hydrogen) atoms. The Labute approximate surface area is 121 Å². The second kappa shape index (κ2) is 7.62. The van der Waals surface area contributed by atoms with Crippen molar-refractivity contribution >= 4 is 11.9 Å². The summed E-state index contributed by atoms with van der Waals surface area (Å²) in [4.78, 5) is 24.7. The van der Waals surface area contributed by atoms with E-state index < -0.39 is 23.0 Å². The molecular weight excluding hydrogens is 260 g/mol. The van der Waals surface area contributed by atoms with Gasteiger partial charge in [-0.15, -0.1) is 0 Å². The fraction of sp³-hybridized carbons (Fsp3) is 0.867. The third-order valence-corrected chi connectivity index (χ3v) is 2.82. The van der Waals surface area contributed by atoms with E-state index in [-0.39, 0.29) is 32.0 Å². The summed E-state index contributed by atoms with van der Waals surface area (Å²) >= 11 is 0. The van der Waals surface area contributed by atoms with E-state index in [1.807, 2.05) is 13.8 Å². The number of hydrogen-bond acceptors (Lipinski definition) is 5. The highest BCUT2D eigenvalue weighted by atomic mass is 16.6. The van der Waals surface area contributed by atoms with Crippen LogP contribution in [0.1, 0.15) is 54.4 Å². The Kier molecular flexibility index (Phi) is 7.20. The van der Waals surface area contributed by atoms with Crippen molar-refractivity contribution in [2.24, 2.45) is 11.3 Å². The normalized spacial score (nSPS) is 12.4. The monoisotopic (exact) mass is 288 g/mol. The molecular formula is C15H28O5. The number of esters is 2. The Bertz CT molecular complexity index is 310. The summed E-state index contributed by atoms with van der Waals surface area (Å²) in [5.41, 5.74) is -2.62. The third kappa shape index (κ3) is 5.49. The van der Waals surface area contributed by atoms with Crippen molar-refractivity contribution in [1.29, 1.82) is 0 Å². The van der Waals surface area contributed by atoms with Crippen LogP contribution in [0.5, 0.6) is 0 Å². The van der Waals surface area contributed by atoms with E-state index in [0.29, 0.717) is 0 Å². The van der Waals surface area contributed by atoms with Crippen molar-refractivity contribution in [3.8, 4) is 0 Å². The van der Waals surface area contributed by atoms with E-state index in [1.165, 1.54) is 0 Å². The molecule has 118 valence electrons. The maximum absolute atomic E-state index is 12.4. The largest absolute Gasteiger partial charge is 0.465 e. The second-order valence-electron chi connectivity index (χ2n) is 6.11. The van der Waals surface area contributed by atoms with Crippen LogP contribution in [0.3, 0.4) is 0 Å². The van der Waals surface area contributed by atoms with Gasteiger partial charge in [-0.1, -0.05) is 13.8 Å². The first kappa shape index (κ1) is 18.9. The van der Waals surface area contributed by atoms with Crippen molar-refractivity contribution in [3.05, 3.63) is 0 Å². The average molecular weight is 288 g/mol. The topological polar surface area (TPSA) is 72.8 Å². The molecule has 0 unspecified atom stereocenters. The van der Waals surface area contributed by atoms with Crippen molar-refractivity contribution in [3.63, 3.8) is 0 Å². The maximum Gasteiger partial charge on any atom is 0.323 e. The van der Waals surface area contributed by atoms with Crippen LogP contribution in [-0.2, 0) is 19.1 Å². The molecule has 0 atom stereocenters. The van der Waals surface area contributed by atoms with Gasteiger partial charge in [0.2, 0.25) is 0 Å². The Balaban J connectivity index is 5.62. The van der Waals surface area contributed by atoms with Crippen LogP contribution >= 0.6 is 0 Å². The zero-order valence-corrected chi connectivity index (χ0v) is 13.5. The maximum atomic E-state index is 12.4. The van der Waals surface area contributed by atoms with E-state index >= 15 is 0 Å². The van der Waals surface area contributed by atoms with Gasteiger partial charge in [0.15, 0.2) is 5.41 Å². The van der Waals surface area contributed by atoms with E-state index in [4.69, 9.17) is 9.47 Å². The smallest absolute Gasteiger partial charge is 0.323 e. The van der Waals surface area contributed by atoms with Gasteiger partial charge in [-0.3, -0.25) is 9.59 Å². The number of hydrogen-bond donors (Lipinski definition) is 1. The number of carbonyl (C=O) groups excluding carboxylic acids is 2. The molecule has 0 rings (SSSR count). The molecule has 0 heterocycles. The van der Waals surface area contributed by atoms with Crippen molar-refractivity contribution in [2.75, 3.05) is 13.2 Å². The molecule has 0 spiro atoms. The Morgan fingerprint density at radius 3 is 1.70 bits per heavy atom. The molecule has 0 bridgehead atoms. The molecule has 0 aliphatic rings. The van der Waals surface area contributed by atoms with E-state index in [0.717, 1.165) is 0 Å². The summed E-state index contributed by atoms with van der Waals surface area (Å²) in [6.07, 6.45) is 0.268. The molecule has 5 heteroatoms. The molecule has 0 aliphatic carbocycles. The van der Waals surface area contributed by atoms with Crippen molar-refractivity contribution in [1.82, 2.24) is 0 Å². The molecule has 0 radical (unpaired) electrons. The van der Waals surface area contributed by atoms with Crippen LogP contribution in [0, 0.1) is 11.3 Å². The van der Waals surface area contributed by atoms with Crippen LogP contribution < -0.4 is 0 Å². The minimum atomic E-state index is -1.45. The van der Waals surface area contributed by atoms with Gasteiger partial charge in [-0.25, -0.2) is 0 Å². The van der Waals surface area contributed by atoms with Crippen molar-refractivity contribution in [2.45, 2.75) is 60.0 Å². The molecule has 1 N–H and O–H groups in total. The molecule has 0 aromatic rings. The molecule has 5 nitrogen and oxygen atoms in total. The lowest BCUT2D eigenvalue weighted by Crippen LogP contribution is -2.47. The van der Waals surface area contributed by atoms with Crippen LogP contribution in [0.4, 0.5) is 0 Å². The van der Waals surface area contributed by atoms with E-state index in [2.05, 4.69) is 0 Å². The highest BCUT2D eigenvalue weighted by Gasteiger charge is 2.51.